The Morgan fingerprint density at radius 3 is 1.36 bits per heavy atom. The zero-order valence-electron chi connectivity index (χ0n) is 61.7. The van der Waals surface area contributed by atoms with Crippen LogP contribution in [0.1, 0.15) is 169 Å². The van der Waals surface area contributed by atoms with Gasteiger partial charge in [0.1, 0.15) is 54.4 Å². The van der Waals surface area contributed by atoms with Crippen molar-refractivity contribution in [3.8, 4) is 0 Å². The largest absolute Gasteiger partial charge is 0.450 e. The highest BCUT2D eigenvalue weighted by Crippen LogP contribution is 2.34. The van der Waals surface area contributed by atoms with Crippen LogP contribution in [-0.2, 0) is 57.5 Å². The molecule has 6 N–H and O–H groups in total. The van der Waals surface area contributed by atoms with E-state index in [4.69, 9.17) is 4.74 Å². The number of piperidine rings is 1. The summed E-state index contributed by atoms with van der Waals surface area (Å²) in [6.45, 7) is 28.1. The molecule has 0 radical (unpaired) electrons. The van der Waals surface area contributed by atoms with Crippen molar-refractivity contribution in [3.05, 3.63) is 0 Å². The van der Waals surface area contributed by atoms with Crippen LogP contribution in [-0.4, -0.2) is 257 Å². The molecule has 0 aliphatic carbocycles. The second-order valence-corrected chi connectivity index (χ2v) is 29.9. The monoisotopic (exact) mass is 1370 g/mol. The smallest absolute Gasteiger partial charge is 0.393 e. The van der Waals surface area contributed by atoms with Gasteiger partial charge in [0, 0.05) is 48.8 Å². The number of carbonyl (C=O) groups excluding carboxylic acids is 11. The first kappa shape index (κ1) is 85.9. The number of aliphatic hydroxyl groups is 2. The molecule has 0 aromatic rings. The number of hydrogen-bond donors (Lipinski definition) is 6. The third kappa shape index (κ3) is 25.0. The highest BCUT2D eigenvalue weighted by Gasteiger charge is 2.47. The molecule has 1 unspecified atom stereocenters. The zero-order chi connectivity index (χ0) is 74.0. The number of cyclic esters (lactones) is 1. The Kier molecular flexibility index (Phi) is 34.3. The number of ether oxygens (including phenoxy) is 1. The molecule has 28 heteroatoms. The average molecular weight is 1370 g/mol. The summed E-state index contributed by atoms with van der Waals surface area (Å²) in [7, 11) is 7.85. The first-order chi connectivity index (χ1) is 44.2. The molecule has 0 spiro atoms. The van der Waals surface area contributed by atoms with E-state index in [0.717, 1.165) is 24.5 Å². The van der Waals surface area contributed by atoms with E-state index in [2.05, 4.69) is 21.3 Å². The molecule has 2 rings (SSSR count). The Hall–Kier alpha value is -6.16. The number of amides is 10. The summed E-state index contributed by atoms with van der Waals surface area (Å²) < 4.78 is 47.7. The van der Waals surface area contributed by atoms with Crippen molar-refractivity contribution in [1.82, 2.24) is 55.6 Å². The lowest BCUT2D eigenvalue weighted by Crippen LogP contribution is -2.64. The van der Waals surface area contributed by atoms with Crippen molar-refractivity contribution in [2.24, 2.45) is 53.3 Å². The molecule has 10 amide bonds. The standard InChI is InChI=1S/C68H120F3N11O14/c1-36(2)29-47-62(90)78(20)50(32-39(7)8)58(86)72-44(16)67(95)96-57(42(13)14)66(94)79(21)51(33-40(9)10)60(88)74-48(30-37(3)4)63(91)80(22)54(41(11)12)65(93)81(23)55(56(85)43(15)26-28-82-27-24-25-46(34-82)68(69,70)71)61(89)75-53(45(17)83)64(92)76(18)35-52(84)77(19)49(31-38(5)6)59(87)73-47/h36-51,53-57,83,85H,24-35H2,1-23H3,(H,72,86)(H,73,87)(H,74,88)(H,75,89)/t43-,44-,45-,46?,47-,48-,49+,50-,51-,53-,54-,55-,56-,57+/m1/s1. The van der Waals surface area contributed by atoms with Crippen molar-refractivity contribution < 1.29 is 80.9 Å². The molecule has 2 heterocycles. The van der Waals surface area contributed by atoms with Gasteiger partial charge in [-0.1, -0.05) is 104 Å². The van der Waals surface area contributed by atoms with E-state index < -0.39 is 174 Å². The summed E-state index contributed by atoms with van der Waals surface area (Å²) in [5.74, 6) is -14.4. The minimum absolute atomic E-state index is 0.0206. The number of hydrogen-bond acceptors (Lipinski definition) is 15. The number of nitrogens with zero attached hydrogens (tertiary/aromatic N) is 7. The number of likely N-dealkylation sites (tertiary alicyclic amines) is 1. The molecule has 25 nitrogen and oxygen atoms in total. The third-order valence-corrected chi connectivity index (χ3v) is 18.2. The fourth-order valence-corrected chi connectivity index (χ4v) is 12.4. The second-order valence-electron chi connectivity index (χ2n) is 29.9. The van der Waals surface area contributed by atoms with Gasteiger partial charge in [-0.15, -0.1) is 0 Å². The molecule has 552 valence electrons. The molecule has 96 heavy (non-hydrogen) atoms. The van der Waals surface area contributed by atoms with E-state index >= 15 is 14.4 Å². The Bertz CT molecular complexity index is 2620. The molecule has 0 aromatic carbocycles. The molecule has 2 aliphatic rings. The van der Waals surface area contributed by atoms with Crippen molar-refractivity contribution in [2.75, 3.05) is 68.5 Å². The first-order valence-corrected chi connectivity index (χ1v) is 34.3. The van der Waals surface area contributed by atoms with Crippen LogP contribution in [0, 0.1) is 53.3 Å². The summed E-state index contributed by atoms with van der Waals surface area (Å²) >= 11 is 0. The summed E-state index contributed by atoms with van der Waals surface area (Å²) in [5.41, 5.74) is 0. The van der Waals surface area contributed by atoms with Crippen molar-refractivity contribution in [1.29, 1.82) is 0 Å². The Labute approximate surface area is 569 Å². The van der Waals surface area contributed by atoms with Crippen LogP contribution in [0.3, 0.4) is 0 Å². The van der Waals surface area contributed by atoms with Gasteiger partial charge in [0.2, 0.25) is 53.2 Å². The number of esters is 1. The summed E-state index contributed by atoms with van der Waals surface area (Å²) in [5, 5.41) is 34.6. The number of alkyl halides is 3. The minimum Gasteiger partial charge on any atom is -0.450 e. The lowest BCUT2D eigenvalue weighted by Gasteiger charge is -2.41. The third-order valence-electron chi connectivity index (χ3n) is 18.2. The van der Waals surface area contributed by atoms with Crippen molar-refractivity contribution in [2.45, 2.75) is 248 Å². The number of rotatable bonds is 18. The molecule has 14 atom stereocenters. The Morgan fingerprint density at radius 2 is 0.938 bits per heavy atom. The van der Waals surface area contributed by atoms with Gasteiger partial charge in [-0.2, -0.15) is 13.2 Å². The summed E-state index contributed by atoms with van der Waals surface area (Å²) in [4.78, 5) is 170. The Morgan fingerprint density at radius 1 is 0.510 bits per heavy atom. The highest BCUT2D eigenvalue weighted by molar-refractivity contribution is 5.99. The number of likely N-dealkylation sites (N-methyl/N-ethyl adjacent to an activating group) is 6. The Balaban J connectivity index is 3.04. The zero-order valence-corrected chi connectivity index (χ0v) is 61.7. The van der Waals surface area contributed by atoms with Gasteiger partial charge >= 0.3 is 12.1 Å². The number of halogens is 3. The van der Waals surface area contributed by atoms with E-state index in [9.17, 15) is 61.7 Å². The van der Waals surface area contributed by atoms with Gasteiger partial charge in [-0.25, -0.2) is 4.79 Å². The second kappa shape index (κ2) is 38.3. The normalized spacial score (nSPS) is 27.5. The van der Waals surface area contributed by atoms with Crippen molar-refractivity contribution in [3.63, 3.8) is 0 Å². The van der Waals surface area contributed by atoms with E-state index in [-0.39, 0.29) is 94.0 Å². The van der Waals surface area contributed by atoms with Gasteiger partial charge in [0.15, 0.2) is 6.10 Å². The fourth-order valence-electron chi connectivity index (χ4n) is 12.4. The van der Waals surface area contributed by atoms with Gasteiger partial charge < -0.3 is 70.5 Å². The maximum atomic E-state index is 15.3. The highest BCUT2D eigenvalue weighted by atomic mass is 19.4. The van der Waals surface area contributed by atoms with E-state index in [1.54, 1.807) is 53.4 Å². The van der Waals surface area contributed by atoms with Crippen molar-refractivity contribution >= 4 is 65.0 Å². The maximum Gasteiger partial charge on any atom is 0.393 e. The van der Waals surface area contributed by atoms with Crippen LogP contribution in [0.4, 0.5) is 13.2 Å². The molecule has 0 aromatic heterocycles. The SMILES string of the molecule is CC(C)C[C@@H]1C(=O)N[C@H](CC(C)C)C(=O)N(C)[C@H](C(C)C)C(=O)N(C)[C@H]([C@H](O)[C@H](C)CCN2CCCC(C(F)(F)F)C2)C(=O)N[C@H]([C@@H](C)O)C(=O)N(C)CC(=O)N(C)[C@@H](CC(C)C)C(=O)N[C@H](CC(C)C)C(=O)N(C)[C@H](CC(C)C)C(=O)N[C@H](C)C(=O)O[C@@H](C(C)C)C(=O)N1C. The molecular formula is C68H120F3N11O14. The van der Waals surface area contributed by atoms with E-state index in [0.29, 0.717) is 6.54 Å². The van der Waals surface area contributed by atoms with Gasteiger partial charge in [0.25, 0.3) is 5.91 Å². The maximum absolute atomic E-state index is 15.3. The van der Waals surface area contributed by atoms with Crippen LogP contribution in [0.5, 0.6) is 0 Å². The number of aliphatic hydroxyl groups excluding tert-OH is 2. The molecular weight excluding hydrogens is 1250 g/mol. The van der Waals surface area contributed by atoms with E-state index in [1.165, 1.54) is 61.0 Å². The molecule has 2 aliphatic heterocycles. The van der Waals surface area contributed by atoms with Gasteiger partial charge in [0.05, 0.1) is 24.7 Å². The van der Waals surface area contributed by atoms with Crippen LogP contribution < -0.4 is 21.3 Å². The lowest BCUT2D eigenvalue weighted by atomic mass is 9.90. The van der Waals surface area contributed by atoms with Gasteiger partial charge in [-0.3, -0.25) is 47.9 Å². The number of nitrogens with one attached hydrogen (secondary N) is 4. The first-order valence-electron chi connectivity index (χ1n) is 34.3. The minimum atomic E-state index is -4.44. The molecule has 0 saturated carbocycles. The quantitative estimate of drug-likeness (QED) is 0.106. The van der Waals surface area contributed by atoms with Crippen LogP contribution >= 0.6 is 0 Å². The predicted molar refractivity (Wildman–Crippen MR) is 357 cm³/mol. The fraction of sp³-hybridized carbons (Fsp3) is 0.838. The molecule has 0 bridgehead atoms. The van der Waals surface area contributed by atoms with Crippen LogP contribution in [0.2, 0.25) is 0 Å². The molecule has 2 saturated heterocycles. The summed E-state index contributed by atoms with van der Waals surface area (Å²) in [6, 6.07) is -12.9. The average Bonchev–Trinajstić information content (AvgIpc) is 0.810. The van der Waals surface area contributed by atoms with Crippen LogP contribution in [0.15, 0.2) is 0 Å². The number of carbonyl (C=O) groups is 11. The van der Waals surface area contributed by atoms with Crippen LogP contribution in [0.25, 0.3) is 0 Å². The lowest BCUT2D eigenvalue weighted by molar-refractivity contribution is -0.186. The predicted octanol–water partition coefficient (Wildman–Crippen LogP) is 4.05. The topological polar surface area (TPSA) is 308 Å². The molecule has 2 fully saturated rings. The summed E-state index contributed by atoms with van der Waals surface area (Å²) in [6.07, 6.45) is -8.89. The van der Waals surface area contributed by atoms with E-state index in [1.807, 2.05) is 55.4 Å². The van der Waals surface area contributed by atoms with Gasteiger partial charge in [-0.05, 0) is 126 Å².